The molecule has 4 heteroatoms. The molecule has 15 heavy (non-hydrogen) atoms. The maximum atomic E-state index is 11.6. The van der Waals surface area contributed by atoms with Crippen molar-refractivity contribution < 1.29 is 4.79 Å². The Hall–Kier alpha value is -1.68. The molecule has 2 rings (SSSR count). The maximum absolute atomic E-state index is 11.6. The highest BCUT2D eigenvalue weighted by molar-refractivity contribution is 7.11. The van der Waals surface area contributed by atoms with E-state index in [4.69, 9.17) is 0 Å². The molecule has 2 aromatic rings. The van der Waals surface area contributed by atoms with Crippen molar-refractivity contribution in [3.05, 3.63) is 46.4 Å². The number of nitrogens with one attached hydrogen (secondary N) is 1. The summed E-state index contributed by atoms with van der Waals surface area (Å²) in [6.45, 7) is 2.01. The van der Waals surface area contributed by atoms with Crippen LogP contribution in [-0.2, 0) is 0 Å². The molecule has 1 N–H and O–H groups in total. The summed E-state index contributed by atoms with van der Waals surface area (Å²) < 4.78 is 0. The zero-order valence-electron chi connectivity index (χ0n) is 8.23. The second-order valence-electron chi connectivity index (χ2n) is 3.19. The minimum Gasteiger partial charge on any atom is -0.321 e. The molecule has 0 fully saturated rings. The summed E-state index contributed by atoms with van der Waals surface area (Å²) in [6, 6.07) is 7.69. The Kier molecular flexibility index (Phi) is 2.78. The van der Waals surface area contributed by atoms with Crippen molar-refractivity contribution in [1.29, 1.82) is 0 Å². The largest absolute Gasteiger partial charge is 0.321 e. The summed E-state index contributed by atoms with van der Waals surface area (Å²) in [4.78, 5) is 16.1. The van der Waals surface area contributed by atoms with E-state index in [2.05, 4.69) is 10.3 Å². The van der Waals surface area contributed by atoms with Gasteiger partial charge in [-0.2, -0.15) is 0 Å². The van der Waals surface area contributed by atoms with Crippen LogP contribution in [0.3, 0.4) is 0 Å². The van der Waals surface area contributed by atoms with Crippen LogP contribution in [0, 0.1) is 6.92 Å². The topological polar surface area (TPSA) is 42.0 Å². The molecular weight excluding hydrogens is 208 g/mol. The van der Waals surface area contributed by atoms with E-state index in [0.717, 1.165) is 5.69 Å². The van der Waals surface area contributed by atoms with Crippen molar-refractivity contribution in [1.82, 2.24) is 4.98 Å². The number of amides is 1. The third-order valence-corrected chi connectivity index (χ3v) is 2.74. The number of benzene rings is 1. The molecule has 0 atom stereocenters. The number of rotatable bonds is 2. The van der Waals surface area contributed by atoms with Gasteiger partial charge >= 0.3 is 0 Å². The van der Waals surface area contributed by atoms with Gasteiger partial charge in [0.05, 0.1) is 11.7 Å². The molecule has 3 nitrogen and oxygen atoms in total. The zero-order valence-corrected chi connectivity index (χ0v) is 9.04. The number of hydrogen-bond donors (Lipinski definition) is 1. The van der Waals surface area contributed by atoms with Crippen LogP contribution in [0.15, 0.2) is 36.0 Å². The Bertz CT molecular complexity index is 448. The number of thiazole rings is 1. The second-order valence-corrected chi connectivity index (χ2v) is 4.07. The Balaban J connectivity index is 2.09. The van der Waals surface area contributed by atoms with E-state index in [1.54, 1.807) is 11.7 Å². The lowest BCUT2D eigenvalue weighted by atomic mass is 10.2. The minimum atomic E-state index is -0.110. The van der Waals surface area contributed by atoms with Crippen LogP contribution in [0.2, 0.25) is 0 Å². The third-order valence-electron chi connectivity index (χ3n) is 1.97. The van der Waals surface area contributed by atoms with Crippen LogP contribution in [0.5, 0.6) is 0 Å². The lowest BCUT2D eigenvalue weighted by molar-refractivity contribution is 0.103. The van der Waals surface area contributed by atoms with Crippen LogP contribution in [0.25, 0.3) is 0 Å². The van der Waals surface area contributed by atoms with E-state index in [9.17, 15) is 4.79 Å². The molecule has 0 saturated heterocycles. The average Bonchev–Trinajstić information content (AvgIpc) is 2.74. The molecule has 0 bridgehead atoms. The minimum absolute atomic E-state index is 0.110. The van der Waals surface area contributed by atoms with E-state index < -0.39 is 0 Å². The second kappa shape index (κ2) is 4.23. The summed E-state index contributed by atoms with van der Waals surface area (Å²) in [5.41, 5.74) is 3.62. The van der Waals surface area contributed by atoms with E-state index in [-0.39, 0.29) is 5.91 Å². The molecule has 0 saturated carbocycles. The molecule has 1 heterocycles. The highest BCUT2D eigenvalue weighted by Gasteiger charge is 2.06. The monoisotopic (exact) mass is 218 g/mol. The van der Waals surface area contributed by atoms with Gasteiger partial charge in [0.1, 0.15) is 4.88 Å². The fourth-order valence-electron chi connectivity index (χ4n) is 1.16. The summed E-state index contributed by atoms with van der Waals surface area (Å²) in [5.74, 6) is -0.110. The molecule has 76 valence electrons. The number of anilines is 1. The highest BCUT2D eigenvalue weighted by Crippen LogP contribution is 2.12. The first-order valence-corrected chi connectivity index (χ1v) is 5.40. The van der Waals surface area contributed by atoms with Crippen LogP contribution >= 0.6 is 11.3 Å². The summed E-state index contributed by atoms with van der Waals surface area (Å²) in [7, 11) is 0. The van der Waals surface area contributed by atoms with E-state index >= 15 is 0 Å². The maximum Gasteiger partial charge on any atom is 0.267 e. The Morgan fingerprint density at radius 2 is 2.07 bits per heavy atom. The number of aromatic nitrogens is 1. The molecule has 0 unspecified atom stereocenters. The van der Waals surface area contributed by atoms with Crippen LogP contribution in [-0.4, -0.2) is 10.9 Å². The van der Waals surface area contributed by atoms with Crippen molar-refractivity contribution in [2.45, 2.75) is 6.92 Å². The van der Waals surface area contributed by atoms with E-state index in [1.165, 1.54) is 16.9 Å². The average molecular weight is 218 g/mol. The van der Waals surface area contributed by atoms with Crippen LogP contribution < -0.4 is 5.32 Å². The van der Waals surface area contributed by atoms with Crippen LogP contribution in [0.1, 0.15) is 15.2 Å². The standard InChI is InChI=1S/C11H10N2OS/c1-8-2-4-9(5-3-8)13-11(14)10-6-12-7-15-10/h2-7H,1H3,(H,13,14). The van der Waals surface area contributed by atoms with Gasteiger partial charge in [0.15, 0.2) is 0 Å². The van der Waals surface area contributed by atoms with Gasteiger partial charge in [-0.15, -0.1) is 11.3 Å². The van der Waals surface area contributed by atoms with Crippen molar-refractivity contribution in [2.75, 3.05) is 5.32 Å². The van der Waals surface area contributed by atoms with Gasteiger partial charge in [-0.1, -0.05) is 17.7 Å². The number of aryl methyl sites for hydroxylation is 1. The molecule has 0 aliphatic heterocycles. The molecule has 0 aliphatic carbocycles. The third kappa shape index (κ3) is 2.41. The van der Waals surface area contributed by atoms with Gasteiger partial charge < -0.3 is 5.32 Å². The quantitative estimate of drug-likeness (QED) is 0.842. The van der Waals surface area contributed by atoms with Gasteiger partial charge in [0.2, 0.25) is 0 Å². The number of carbonyl (C=O) groups is 1. The molecule has 1 amide bonds. The smallest absolute Gasteiger partial charge is 0.267 e. The Morgan fingerprint density at radius 3 is 2.67 bits per heavy atom. The number of nitrogens with zero attached hydrogens (tertiary/aromatic N) is 1. The predicted octanol–water partition coefficient (Wildman–Crippen LogP) is 2.70. The van der Waals surface area contributed by atoms with Crippen molar-refractivity contribution in [3.8, 4) is 0 Å². The first kappa shape index (κ1) is 9.86. The van der Waals surface area contributed by atoms with Crippen molar-refractivity contribution in [3.63, 3.8) is 0 Å². The number of hydrogen-bond acceptors (Lipinski definition) is 3. The fraction of sp³-hybridized carbons (Fsp3) is 0.0909. The first-order chi connectivity index (χ1) is 7.25. The SMILES string of the molecule is Cc1ccc(NC(=O)c2cncs2)cc1. The lowest BCUT2D eigenvalue weighted by Crippen LogP contribution is -2.09. The van der Waals surface area contributed by atoms with Gasteiger partial charge in [-0.3, -0.25) is 9.78 Å². The van der Waals surface area contributed by atoms with Gasteiger partial charge in [0, 0.05) is 5.69 Å². The molecular formula is C11H10N2OS. The normalized spacial score (nSPS) is 9.93. The molecule has 0 spiro atoms. The highest BCUT2D eigenvalue weighted by atomic mass is 32.1. The van der Waals surface area contributed by atoms with Crippen molar-refractivity contribution >= 4 is 22.9 Å². The molecule has 0 aliphatic rings. The van der Waals surface area contributed by atoms with Gasteiger partial charge in [-0.05, 0) is 19.1 Å². The molecule has 1 aromatic heterocycles. The first-order valence-electron chi connectivity index (χ1n) is 4.52. The van der Waals surface area contributed by atoms with E-state index in [0.29, 0.717) is 4.88 Å². The summed E-state index contributed by atoms with van der Waals surface area (Å²) >= 11 is 1.33. The predicted molar refractivity (Wildman–Crippen MR) is 61.2 cm³/mol. The van der Waals surface area contributed by atoms with E-state index in [1.807, 2.05) is 31.2 Å². The Morgan fingerprint density at radius 1 is 1.33 bits per heavy atom. The fourth-order valence-corrected chi connectivity index (χ4v) is 1.67. The zero-order chi connectivity index (χ0) is 10.7. The molecule has 0 radical (unpaired) electrons. The van der Waals surface area contributed by atoms with Crippen molar-refractivity contribution in [2.24, 2.45) is 0 Å². The van der Waals surface area contributed by atoms with Crippen LogP contribution in [0.4, 0.5) is 5.69 Å². The van der Waals surface area contributed by atoms with Gasteiger partial charge in [0.25, 0.3) is 5.91 Å². The lowest BCUT2D eigenvalue weighted by Gasteiger charge is -2.02. The molecule has 1 aromatic carbocycles. The number of carbonyl (C=O) groups excluding carboxylic acids is 1. The summed E-state index contributed by atoms with van der Waals surface area (Å²) in [6.07, 6.45) is 1.56. The Labute approximate surface area is 91.8 Å². The summed E-state index contributed by atoms with van der Waals surface area (Å²) in [5, 5.41) is 2.80. The van der Waals surface area contributed by atoms with Gasteiger partial charge in [-0.25, -0.2) is 0 Å².